The normalized spacial score (nSPS) is 19.1. The van der Waals surface area contributed by atoms with Gasteiger partial charge in [-0.2, -0.15) is 0 Å². The molecule has 2 fully saturated rings. The van der Waals surface area contributed by atoms with Crippen LogP contribution >= 0.6 is 0 Å². The quantitative estimate of drug-likeness (QED) is 0.537. The fourth-order valence-corrected chi connectivity index (χ4v) is 4.29. The molecule has 2 aliphatic heterocycles. The van der Waals surface area contributed by atoms with Crippen LogP contribution in [0, 0.1) is 5.92 Å². The van der Waals surface area contributed by atoms with Crippen molar-refractivity contribution in [3.05, 3.63) is 29.8 Å². The van der Waals surface area contributed by atoms with Gasteiger partial charge < -0.3 is 20.4 Å². The maximum atomic E-state index is 12.0. The van der Waals surface area contributed by atoms with E-state index in [1.165, 1.54) is 24.1 Å². The second-order valence-electron chi connectivity index (χ2n) is 9.22. The van der Waals surface area contributed by atoms with Crippen molar-refractivity contribution < 1.29 is 4.79 Å². The predicted octanol–water partition coefficient (Wildman–Crippen LogP) is 2.14. The van der Waals surface area contributed by atoms with Crippen molar-refractivity contribution in [3.63, 3.8) is 0 Å². The average molecular weight is 429 g/mol. The van der Waals surface area contributed by atoms with Gasteiger partial charge >= 0.3 is 0 Å². The van der Waals surface area contributed by atoms with Gasteiger partial charge in [0.1, 0.15) is 0 Å². The summed E-state index contributed by atoms with van der Waals surface area (Å²) in [5.74, 6) is 1.89. The van der Waals surface area contributed by atoms with E-state index in [9.17, 15) is 4.79 Å². The van der Waals surface area contributed by atoms with Gasteiger partial charge in [0.25, 0.3) is 0 Å². The van der Waals surface area contributed by atoms with Crippen LogP contribution in [0.2, 0.25) is 0 Å². The van der Waals surface area contributed by atoms with Crippen molar-refractivity contribution in [3.8, 4) is 0 Å². The molecule has 2 N–H and O–H groups in total. The minimum Gasteiger partial charge on any atom is -0.372 e. The van der Waals surface area contributed by atoms with Crippen LogP contribution in [0.25, 0.3) is 0 Å². The van der Waals surface area contributed by atoms with E-state index in [0.29, 0.717) is 6.54 Å². The fraction of sp³-hybridized carbons (Fsp3) is 0.667. The van der Waals surface area contributed by atoms with E-state index >= 15 is 0 Å². The van der Waals surface area contributed by atoms with E-state index in [2.05, 4.69) is 61.5 Å². The summed E-state index contributed by atoms with van der Waals surface area (Å²) in [5, 5.41) is 6.47. The average Bonchev–Trinajstić information content (AvgIpc) is 2.76. The summed E-state index contributed by atoms with van der Waals surface area (Å²) in [6, 6.07) is 9.13. The lowest BCUT2D eigenvalue weighted by atomic mass is 9.99. The lowest BCUT2D eigenvalue weighted by Gasteiger charge is -2.36. The molecule has 0 atom stereocenters. The SMILES string of the molecule is CN=C(NCc1ccc(N2CCC(C)CC2)cc1)N1CCN(CC(=O)NC(C)C)CC1. The first-order chi connectivity index (χ1) is 14.9. The van der Waals surface area contributed by atoms with Crippen LogP contribution < -0.4 is 15.5 Å². The van der Waals surface area contributed by atoms with Crippen molar-refractivity contribution in [2.75, 3.05) is 57.8 Å². The summed E-state index contributed by atoms with van der Waals surface area (Å²) in [6.07, 6.45) is 2.57. The first kappa shape index (κ1) is 23.4. The Morgan fingerprint density at radius 3 is 2.29 bits per heavy atom. The zero-order valence-corrected chi connectivity index (χ0v) is 19.7. The summed E-state index contributed by atoms with van der Waals surface area (Å²) >= 11 is 0. The fourth-order valence-electron chi connectivity index (χ4n) is 4.29. The minimum absolute atomic E-state index is 0.105. The molecule has 2 saturated heterocycles. The summed E-state index contributed by atoms with van der Waals surface area (Å²) in [5.41, 5.74) is 2.59. The van der Waals surface area contributed by atoms with Crippen molar-refractivity contribution in [1.82, 2.24) is 20.4 Å². The number of hydrogen-bond acceptors (Lipinski definition) is 4. The van der Waals surface area contributed by atoms with Gasteiger partial charge in [0.2, 0.25) is 5.91 Å². The van der Waals surface area contributed by atoms with E-state index in [1.807, 2.05) is 20.9 Å². The van der Waals surface area contributed by atoms with E-state index < -0.39 is 0 Å². The first-order valence-electron chi connectivity index (χ1n) is 11.8. The monoisotopic (exact) mass is 428 g/mol. The molecule has 172 valence electrons. The highest BCUT2D eigenvalue weighted by atomic mass is 16.2. The molecule has 0 spiro atoms. The number of anilines is 1. The molecule has 3 rings (SSSR count). The highest BCUT2D eigenvalue weighted by Gasteiger charge is 2.21. The molecule has 0 aromatic heterocycles. The van der Waals surface area contributed by atoms with Crippen LogP contribution in [0.4, 0.5) is 5.69 Å². The lowest BCUT2D eigenvalue weighted by molar-refractivity contribution is -0.123. The Labute approximate surface area is 187 Å². The van der Waals surface area contributed by atoms with Crippen molar-refractivity contribution in [2.45, 2.75) is 46.2 Å². The first-order valence-corrected chi connectivity index (χ1v) is 11.8. The Balaban J connectivity index is 1.43. The molecule has 2 heterocycles. The third-order valence-corrected chi connectivity index (χ3v) is 6.24. The van der Waals surface area contributed by atoms with Gasteiger partial charge in [0.15, 0.2) is 5.96 Å². The second-order valence-corrected chi connectivity index (χ2v) is 9.22. The van der Waals surface area contributed by atoms with Crippen LogP contribution in [-0.4, -0.2) is 80.6 Å². The minimum atomic E-state index is 0.105. The molecular weight excluding hydrogens is 388 g/mol. The summed E-state index contributed by atoms with van der Waals surface area (Å²) in [7, 11) is 1.84. The number of carbonyl (C=O) groups excluding carboxylic acids is 1. The number of guanidine groups is 1. The summed E-state index contributed by atoms with van der Waals surface area (Å²) < 4.78 is 0. The number of nitrogens with zero attached hydrogens (tertiary/aromatic N) is 4. The third-order valence-electron chi connectivity index (χ3n) is 6.24. The van der Waals surface area contributed by atoms with E-state index in [0.717, 1.165) is 57.7 Å². The number of rotatable bonds is 6. The molecule has 0 unspecified atom stereocenters. The molecule has 0 bridgehead atoms. The standard InChI is InChI=1S/C24H40N6O/c1-19(2)27-23(31)18-28-13-15-30(16-14-28)24(25-4)26-17-21-5-7-22(8-6-21)29-11-9-20(3)10-12-29/h5-8,19-20H,9-18H2,1-4H3,(H,25,26)(H,27,31). The maximum absolute atomic E-state index is 12.0. The third kappa shape index (κ3) is 7.13. The van der Waals surface area contributed by atoms with E-state index in [1.54, 1.807) is 0 Å². The van der Waals surface area contributed by atoms with Gasteiger partial charge in [-0.05, 0) is 50.3 Å². The molecule has 0 aliphatic carbocycles. The topological polar surface area (TPSA) is 63.2 Å². The molecule has 7 heteroatoms. The molecule has 2 aliphatic rings. The second kappa shape index (κ2) is 11.4. The summed E-state index contributed by atoms with van der Waals surface area (Å²) in [6.45, 7) is 13.4. The number of piperidine rings is 1. The molecule has 1 aromatic rings. The molecule has 1 amide bonds. The Hall–Kier alpha value is -2.28. The number of carbonyl (C=O) groups is 1. The largest absolute Gasteiger partial charge is 0.372 e. The van der Waals surface area contributed by atoms with Gasteiger partial charge in [0.05, 0.1) is 6.54 Å². The molecule has 31 heavy (non-hydrogen) atoms. The van der Waals surface area contributed by atoms with Crippen LogP contribution in [-0.2, 0) is 11.3 Å². The molecule has 0 radical (unpaired) electrons. The van der Waals surface area contributed by atoms with Gasteiger partial charge in [-0.15, -0.1) is 0 Å². The van der Waals surface area contributed by atoms with E-state index in [4.69, 9.17) is 0 Å². The van der Waals surface area contributed by atoms with Crippen LogP contribution in [0.5, 0.6) is 0 Å². The van der Waals surface area contributed by atoms with Crippen molar-refractivity contribution in [1.29, 1.82) is 0 Å². The maximum Gasteiger partial charge on any atom is 0.234 e. The van der Waals surface area contributed by atoms with Crippen molar-refractivity contribution in [2.24, 2.45) is 10.9 Å². The lowest BCUT2D eigenvalue weighted by Crippen LogP contribution is -2.54. The Morgan fingerprint density at radius 2 is 1.71 bits per heavy atom. The predicted molar refractivity (Wildman–Crippen MR) is 129 cm³/mol. The number of amides is 1. The molecule has 0 saturated carbocycles. The number of nitrogens with one attached hydrogen (secondary N) is 2. The van der Waals surface area contributed by atoms with Crippen LogP contribution in [0.15, 0.2) is 29.3 Å². The molecule has 7 nitrogen and oxygen atoms in total. The number of aliphatic imine (C=N–C) groups is 1. The van der Waals surface area contributed by atoms with Gasteiger partial charge in [0, 0.05) is 64.6 Å². The molecular formula is C24H40N6O. The summed E-state index contributed by atoms with van der Waals surface area (Å²) in [4.78, 5) is 23.4. The van der Waals surface area contributed by atoms with Gasteiger partial charge in [-0.25, -0.2) is 0 Å². The smallest absolute Gasteiger partial charge is 0.234 e. The molecule has 1 aromatic carbocycles. The van der Waals surface area contributed by atoms with Crippen molar-refractivity contribution >= 4 is 17.6 Å². The van der Waals surface area contributed by atoms with Gasteiger partial charge in [-0.3, -0.25) is 14.7 Å². The number of benzene rings is 1. The highest BCUT2D eigenvalue weighted by Crippen LogP contribution is 2.23. The number of piperazine rings is 1. The Bertz CT molecular complexity index is 716. The Morgan fingerprint density at radius 1 is 1.06 bits per heavy atom. The van der Waals surface area contributed by atoms with Gasteiger partial charge in [-0.1, -0.05) is 19.1 Å². The zero-order chi connectivity index (χ0) is 22.2. The van der Waals surface area contributed by atoms with E-state index in [-0.39, 0.29) is 11.9 Å². The van der Waals surface area contributed by atoms with Crippen LogP contribution in [0.1, 0.15) is 39.2 Å². The number of hydrogen-bond donors (Lipinski definition) is 2. The highest BCUT2D eigenvalue weighted by molar-refractivity contribution is 5.80. The van der Waals surface area contributed by atoms with Crippen LogP contribution in [0.3, 0.4) is 0 Å². The Kier molecular flexibility index (Phi) is 8.58. The zero-order valence-electron chi connectivity index (χ0n) is 19.7.